The highest BCUT2D eigenvalue weighted by molar-refractivity contribution is 5.61. The van der Waals surface area contributed by atoms with Gasteiger partial charge in [-0.05, 0) is 17.7 Å². The summed E-state index contributed by atoms with van der Waals surface area (Å²) in [7, 11) is 0. The van der Waals surface area contributed by atoms with Crippen molar-refractivity contribution < 1.29 is 9.31 Å². The number of nitro groups is 1. The van der Waals surface area contributed by atoms with Crippen molar-refractivity contribution in [2.45, 2.75) is 6.54 Å². The smallest absolute Gasteiger partial charge is 0.292 e. The molecule has 0 atom stereocenters. The summed E-state index contributed by atoms with van der Waals surface area (Å²) in [4.78, 5) is 14.1. The Labute approximate surface area is 102 Å². The molecule has 5 nitrogen and oxygen atoms in total. The summed E-state index contributed by atoms with van der Waals surface area (Å²) in [5, 5.41) is 13.6. The molecule has 0 saturated heterocycles. The number of halogens is 1. The molecule has 0 unspecified atom stereocenters. The van der Waals surface area contributed by atoms with E-state index >= 15 is 0 Å². The fourth-order valence-corrected chi connectivity index (χ4v) is 1.51. The highest BCUT2D eigenvalue weighted by Gasteiger charge is 2.13. The number of rotatable bonds is 4. The quantitative estimate of drug-likeness (QED) is 0.666. The molecule has 2 rings (SSSR count). The molecule has 92 valence electrons. The van der Waals surface area contributed by atoms with Crippen LogP contribution in [0.4, 0.5) is 15.8 Å². The third-order valence-electron chi connectivity index (χ3n) is 2.36. The second kappa shape index (κ2) is 5.22. The molecule has 0 bridgehead atoms. The van der Waals surface area contributed by atoms with Crippen molar-refractivity contribution in [1.82, 2.24) is 4.98 Å². The number of nitro benzene ring substituents is 1. The molecule has 1 aromatic carbocycles. The molecular formula is C12H10FN3O2. The second-order valence-electron chi connectivity index (χ2n) is 3.63. The monoisotopic (exact) mass is 247 g/mol. The molecule has 18 heavy (non-hydrogen) atoms. The summed E-state index contributed by atoms with van der Waals surface area (Å²) >= 11 is 0. The van der Waals surface area contributed by atoms with Gasteiger partial charge in [-0.1, -0.05) is 6.07 Å². The molecule has 0 amide bonds. The van der Waals surface area contributed by atoms with Crippen LogP contribution in [0.25, 0.3) is 0 Å². The van der Waals surface area contributed by atoms with Crippen LogP contribution in [0.15, 0.2) is 42.7 Å². The van der Waals surface area contributed by atoms with E-state index in [0.717, 1.165) is 23.8 Å². The van der Waals surface area contributed by atoms with Crippen LogP contribution in [0.2, 0.25) is 0 Å². The van der Waals surface area contributed by atoms with Gasteiger partial charge in [-0.2, -0.15) is 0 Å². The largest absolute Gasteiger partial charge is 0.375 e. The molecular weight excluding hydrogens is 237 g/mol. The van der Waals surface area contributed by atoms with Crippen LogP contribution < -0.4 is 5.32 Å². The van der Waals surface area contributed by atoms with Crippen molar-refractivity contribution in [3.63, 3.8) is 0 Å². The van der Waals surface area contributed by atoms with Gasteiger partial charge in [0.25, 0.3) is 5.69 Å². The lowest BCUT2D eigenvalue weighted by molar-refractivity contribution is -0.384. The molecule has 0 aliphatic heterocycles. The van der Waals surface area contributed by atoms with Crippen LogP contribution in [0.1, 0.15) is 5.56 Å². The summed E-state index contributed by atoms with van der Waals surface area (Å²) in [5.74, 6) is -0.519. The SMILES string of the molecule is O=[N+]([O-])c1ccc(F)cc1NCc1cccnc1. The fourth-order valence-electron chi connectivity index (χ4n) is 1.51. The van der Waals surface area contributed by atoms with Crippen molar-refractivity contribution in [2.75, 3.05) is 5.32 Å². The maximum absolute atomic E-state index is 13.1. The first-order valence-corrected chi connectivity index (χ1v) is 5.23. The van der Waals surface area contributed by atoms with Gasteiger partial charge in [0.2, 0.25) is 0 Å². The summed E-state index contributed by atoms with van der Waals surface area (Å²) in [5.41, 5.74) is 0.861. The number of benzene rings is 1. The Kier molecular flexibility index (Phi) is 3.47. The van der Waals surface area contributed by atoms with Crippen LogP contribution in [-0.4, -0.2) is 9.91 Å². The topological polar surface area (TPSA) is 68.1 Å². The minimum absolute atomic E-state index is 0.153. The van der Waals surface area contributed by atoms with Gasteiger partial charge in [-0.3, -0.25) is 15.1 Å². The Morgan fingerprint density at radius 3 is 2.89 bits per heavy atom. The number of pyridine rings is 1. The molecule has 2 aromatic rings. The van der Waals surface area contributed by atoms with Gasteiger partial charge in [0.05, 0.1) is 4.92 Å². The van der Waals surface area contributed by atoms with E-state index in [-0.39, 0.29) is 11.4 Å². The molecule has 1 N–H and O–H groups in total. The maximum atomic E-state index is 13.1. The number of anilines is 1. The first-order chi connectivity index (χ1) is 8.66. The van der Waals surface area contributed by atoms with Crippen LogP contribution in [0, 0.1) is 15.9 Å². The van der Waals surface area contributed by atoms with Gasteiger partial charge < -0.3 is 5.32 Å². The van der Waals surface area contributed by atoms with Crippen LogP contribution in [-0.2, 0) is 6.54 Å². The lowest BCUT2D eigenvalue weighted by atomic mass is 10.2. The predicted octanol–water partition coefficient (Wildman–Crippen LogP) is 2.74. The van der Waals surface area contributed by atoms with Crippen LogP contribution in [0.3, 0.4) is 0 Å². The molecule has 0 fully saturated rings. The normalized spacial score (nSPS) is 10.1. The number of nitrogens with one attached hydrogen (secondary N) is 1. The number of aromatic nitrogens is 1. The summed E-state index contributed by atoms with van der Waals surface area (Å²) in [6.45, 7) is 0.345. The van der Waals surface area contributed by atoms with Gasteiger partial charge in [0.15, 0.2) is 0 Å². The Morgan fingerprint density at radius 2 is 2.22 bits per heavy atom. The third kappa shape index (κ3) is 2.79. The molecule has 1 aromatic heterocycles. The van der Waals surface area contributed by atoms with Gasteiger partial charge in [0.1, 0.15) is 11.5 Å². The average molecular weight is 247 g/mol. The lowest BCUT2D eigenvalue weighted by Gasteiger charge is -2.06. The fraction of sp³-hybridized carbons (Fsp3) is 0.0833. The van der Waals surface area contributed by atoms with E-state index < -0.39 is 10.7 Å². The minimum Gasteiger partial charge on any atom is -0.375 e. The Balaban J connectivity index is 2.18. The molecule has 0 saturated carbocycles. The van der Waals surface area contributed by atoms with Crippen molar-refractivity contribution in [3.8, 4) is 0 Å². The highest BCUT2D eigenvalue weighted by Crippen LogP contribution is 2.25. The summed E-state index contributed by atoms with van der Waals surface area (Å²) in [6.07, 6.45) is 3.27. The van der Waals surface area contributed by atoms with Crippen molar-refractivity contribution in [1.29, 1.82) is 0 Å². The van der Waals surface area contributed by atoms with Crippen LogP contribution in [0.5, 0.6) is 0 Å². The van der Waals surface area contributed by atoms with E-state index in [1.54, 1.807) is 18.5 Å². The van der Waals surface area contributed by atoms with E-state index in [1.165, 1.54) is 0 Å². The van der Waals surface area contributed by atoms with Gasteiger partial charge in [-0.15, -0.1) is 0 Å². The number of hydrogen-bond donors (Lipinski definition) is 1. The molecule has 6 heteroatoms. The zero-order chi connectivity index (χ0) is 13.0. The molecule has 0 radical (unpaired) electrons. The predicted molar refractivity (Wildman–Crippen MR) is 64.6 cm³/mol. The third-order valence-corrected chi connectivity index (χ3v) is 2.36. The van der Waals surface area contributed by atoms with E-state index in [9.17, 15) is 14.5 Å². The van der Waals surface area contributed by atoms with E-state index in [1.807, 2.05) is 6.07 Å². The maximum Gasteiger partial charge on any atom is 0.292 e. The van der Waals surface area contributed by atoms with Crippen molar-refractivity contribution in [3.05, 3.63) is 64.2 Å². The first-order valence-electron chi connectivity index (χ1n) is 5.23. The Bertz CT molecular complexity index is 561. The molecule has 0 aliphatic carbocycles. The Morgan fingerprint density at radius 1 is 1.39 bits per heavy atom. The van der Waals surface area contributed by atoms with Gasteiger partial charge >= 0.3 is 0 Å². The van der Waals surface area contributed by atoms with E-state index in [4.69, 9.17) is 0 Å². The summed E-state index contributed by atoms with van der Waals surface area (Å²) in [6, 6.07) is 6.89. The Hall–Kier alpha value is -2.50. The second-order valence-corrected chi connectivity index (χ2v) is 3.63. The minimum atomic E-state index is -0.551. The molecule has 0 aliphatic rings. The zero-order valence-electron chi connectivity index (χ0n) is 9.34. The summed E-state index contributed by atoms with van der Waals surface area (Å²) < 4.78 is 13.1. The van der Waals surface area contributed by atoms with Gasteiger partial charge in [-0.25, -0.2) is 4.39 Å². The van der Waals surface area contributed by atoms with Gasteiger partial charge in [0, 0.05) is 31.1 Å². The van der Waals surface area contributed by atoms with Crippen molar-refractivity contribution in [2.24, 2.45) is 0 Å². The van der Waals surface area contributed by atoms with Crippen LogP contribution >= 0.6 is 0 Å². The first kappa shape index (κ1) is 12.0. The molecule has 1 heterocycles. The van der Waals surface area contributed by atoms with Crippen molar-refractivity contribution >= 4 is 11.4 Å². The number of nitrogens with zero attached hydrogens (tertiary/aromatic N) is 2. The van der Waals surface area contributed by atoms with E-state index in [2.05, 4.69) is 10.3 Å². The highest BCUT2D eigenvalue weighted by atomic mass is 19.1. The number of hydrogen-bond acceptors (Lipinski definition) is 4. The average Bonchev–Trinajstić information content (AvgIpc) is 2.37. The zero-order valence-corrected chi connectivity index (χ0v) is 9.34. The standard InChI is InChI=1S/C12H10FN3O2/c13-10-3-4-12(16(17)18)11(6-10)15-8-9-2-1-5-14-7-9/h1-7,15H,8H2. The molecule has 0 spiro atoms. The lowest BCUT2D eigenvalue weighted by Crippen LogP contribution is -2.03. The van der Waals surface area contributed by atoms with E-state index in [0.29, 0.717) is 6.54 Å².